The maximum absolute atomic E-state index is 11.6. The lowest BCUT2D eigenvalue weighted by Gasteiger charge is -2.34. The Balaban J connectivity index is 2.44. The van der Waals surface area contributed by atoms with E-state index in [1.807, 2.05) is 6.92 Å². The topological polar surface area (TPSA) is 37.3 Å². The number of rotatable bonds is 1. The van der Waals surface area contributed by atoms with Gasteiger partial charge in [0.15, 0.2) is 0 Å². The minimum absolute atomic E-state index is 0.121. The number of carbonyl (C=O) groups is 1. The summed E-state index contributed by atoms with van der Waals surface area (Å²) in [7, 11) is 0. The summed E-state index contributed by atoms with van der Waals surface area (Å²) >= 11 is 0. The molecule has 0 radical (unpaired) electrons. The standard InChI is InChI=1S/C10H16O2/c1-9-4-3-7(5-8(9)12)10(9,2)6-11/h7,11H,3-6H2,1-2H3/t7-,9+,10-/m0/s1. The van der Waals surface area contributed by atoms with E-state index in [9.17, 15) is 9.90 Å². The van der Waals surface area contributed by atoms with Crippen molar-refractivity contribution in [1.29, 1.82) is 0 Å². The quantitative estimate of drug-likeness (QED) is 0.642. The van der Waals surface area contributed by atoms with E-state index in [0.717, 1.165) is 12.8 Å². The van der Waals surface area contributed by atoms with Gasteiger partial charge in [-0.2, -0.15) is 0 Å². The molecule has 2 bridgehead atoms. The molecule has 2 rings (SSSR count). The number of ketones is 1. The van der Waals surface area contributed by atoms with E-state index in [4.69, 9.17) is 0 Å². The van der Waals surface area contributed by atoms with Crippen LogP contribution in [0.3, 0.4) is 0 Å². The Morgan fingerprint density at radius 1 is 1.58 bits per heavy atom. The second-order valence-electron chi connectivity index (χ2n) is 4.77. The van der Waals surface area contributed by atoms with Gasteiger partial charge < -0.3 is 5.11 Å². The highest BCUT2D eigenvalue weighted by Crippen LogP contribution is 2.63. The molecule has 0 aromatic heterocycles. The van der Waals surface area contributed by atoms with E-state index in [0.29, 0.717) is 18.1 Å². The van der Waals surface area contributed by atoms with Gasteiger partial charge in [0.2, 0.25) is 0 Å². The Labute approximate surface area is 73.0 Å². The van der Waals surface area contributed by atoms with Gasteiger partial charge in [0.25, 0.3) is 0 Å². The van der Waals surface area contributed by atoms with Gasteiger partial charge in [-0.3, -0.25) is 4.79 Å². The SMILES string of the molecule is C[C@]1(CO)[C@H]2CC[C@]1(C)C(=O)C2. The van der Waals surface area contributed by atoms with Crippen molar-refractivity contribution in [1.82, 2.24) is 0 Å². The number of fused-ring (bicyclic) bond motifs is 2. The van der Waals surface area contributed by atoms with Gasteiger partial charge in [0, 0.05) is 23.9 Å². The molecule has 0 saturated heterocycles. The van der Waals surface area contributed by atoms with Crippen molar-refractivity contribution in [3.63, 3.8) is 0 Å². The van der Waals surface area contributed by atoms with E-state index in [1.165, 1.54) is 0 Å². The molecular weight excluding hydrogens is 152 g/mol. The lowest BCUT2D eigenvalue weighted by Crippen LogP contribution is -2.37. The van der Waals surface area contributed by atoms with Gasteiger partial charge in [-0.05, 0) is 18.8 Å². The van der Waals surface area contributed by atoms with Gasteiger partial charge in [-0.25, -0.2) is 0 Å². The Hall–Kier alpha value is -0.370. The molecule has 0 heterocycles. The molecule has 2 nitrogen and oxygen atoms in total. The molecule has 2 fully saturated rings. The van der Waals surface area contributed by atoms with Crippen molar-refractivity contribution in [2.24, 2.45) is 16.7 Å². The second-order valence-corrected chi connectivity index (χ2v) is 4.77. The molecule has 0 aliphatic heterocycles. The molecule has 2 heteroatoms. The highest BCUT2D eigenvalue weighted by atomic mass is 16.3. The Morgan fingerprint density at radius 3 is 2.50 bits per heavy atom. The molecule has 0 aromatic carbocycles. The molecular formula is C10H16O2. The lowest BCUT2D eigenvalue weighted by atomic mass is 9.69. The van der Waals surface area contributed by atoms with Crippen LogP contribution in [0.1, 0.15) is 33.1 Å². The van der Waals surface area contributed by atoms with Crippen LogP contribution in [-0.2, 0) is 4.79 Å². The van der Waals surface area contributed by atoms with Gasteiger partial charge in [-0.15, -0.1) is 0 Å². The fourth-order valence-corrected chi connectivity index (χ4v) is 3.06. The number of aliphatic hydroxyl groups is 1. The van der Waals surface area contributed by atoms with E-state index in [2.05, 4.69) is 6.92 Å². The molecule has 0 spiro atoms. The molecule has 68 valence electrons. The molecule has 2 aliphatic rings. The molecule has 12 heavy (non-hydrogen) atoms. The molecule has 3 atom stereocenters. The monoisotopic (exact) mass is 168 g/mol. The predicted octanol–water partition coefficient (Wildman–Crippen LogP) is 1.37. The molecule has 2 aliphatic carbocycles. The summed E-state index contributed by atoms with van der Waals surface area (Å²) in [5.41, 5.74) is -0.337. The van der Waals surface area contributed by atoms with E-state index in [1.54, 1.807) is 0 Å². The van der Waals surface area contributed by atoms with Crippen LogP contribution in [0.4, 0.5) is 0 Å². The first-order valence-electron chi connectivity index (χ1n) is 4.69. The van der Waals surface area contributed by atoms with Gasteiger partial charge in [0.05, 0.1) is 0 Å². The summed E-state index contributed by atoms with van der Waals surface area (Å²) in [4.78, 5) is 11.6. The third-order valence-corrected chi connectivity index (χ3v) is 4.53. The van der Waals surface area contributed by atoms with Crippen molar-refractivity contribution >= 4 is 5.78 Å². The van der Waals surface area contributed by atoms with Crippen LogP contribution in [0.2, 0.25) is 0 Å². The number of carbonyl (C=O) groups excluding carboxylic acids is 1. The zero-order valence-corrected chi connectivity index (χ0v) is 7.76. The smallest absolute Gasteiger partial charge is 0.139 e. The maximum Gasteiger partial charge on any atom is 0.139 e. The fourth-order valence-electron chi connectivity index (χ4n) is 3.06. The fraction of sp³-hybridized carbons (Fsp3) is 0.900. The predicted molar refractivity (Wildman–Crippen MR) is 45.6 cm³/mol. The first-order valence-corrected chi connectivity index (χ1v) is 4.69. The van der Waals surface area contributed by atoms with E-state index in [-0.39, 0.29) is 17.4 Å². The molecule has 0 amide bonds. The number of Topliss-reactive ketones (excluding diaryl/α,β-unsaturated/α-hetero) is 1. The Morgan fingerprint density at radius 2 is 2.25 bits per heavy atom. The molecule has 1 N–H and O–H groups in total. The van der Waals surface area contributed by atoms with Crippen molar-refractivity contribution in [2.75, 3.05) is 6.61 Å². The van der Waals surface area contributed by atoms with Crippen LogP contribution in [0, 0.1) is 16.7 Å². The minimum atomic E-state index is -0.216. The number of hydrogen-bond acceptors (Lipinski definition) is 2. The van der Waals surface area contributed by atoms with Crippen LogP contribution >= 0.6 is 0 Å². The third kappa shape index (κ3) is 0.634. The van der Waals surface area contributed by atoms with Crippen molar-refractivity contribution < 1.29 is 9.90 Å². The van der Waals surface area contributed by atoms with Crippen molar-refractivity contribution in [3.8, 4) is 0 Å². The van der Waals surface area contributed by atoms with Gasteiger partial charge >= 0.3 is 0 Å². The number of aliphatic hydroxyl groups excluding tert-OH is 1. The van der Waals surface area contributed by atoms with Crippen LogP contribution in [-0.4, -0.2) is 17.5 Å². The summed E-state index contributed by atoms with van der Waals surface area (Å²) in [5.74, 6) is 0.815. The third-order valence-electron chi connectivity index (χ3n) is 4.53. The largest absolute Gasteiger partial charge is 0.396 e. The summed E-state index contributed by atoms with van der Waals surface area (Å²) in [6.07, 6.45) is 2.81. The average molecular weight is 168 g/mol. The van der Waals surface area contributed by atoms with Crippen molar-refractivity contribution in [3.05, 3.63) is 0 Å². The molecule has 0 aromatic rings. The highest BCUT2D eigenvalue weighted by Gasteiger charge is 2.63. The maximum atomic E-state index is 11.6. The minimum Gasteiger partial charge on any atom is -0.396 e. The Kier molecular flexibility index (Phi) is 1.45. The first-order chi connectivity index (χ1) is 5.54. The van der Waals surface area contributed by atoms with Crippen LogP contribution < -0.4 is 0 Å². The average Bonchev–Trinajstić information content (AvgIpc) is 2.39. The molecule has 0 unspecified atom stereocenters. The van der Waals surface area contributed by atoms with E-state index < -0.39 is 0 Å². The van der Waals surface area contributed by atoms with Gasteiger partial charge in [-0.1, -0.05) is 13.8 Å². The van der Waals surface area contributed by atoms with Crippen LogP contribution in [0.5, 0.6) is 0 Å². The first kappa shape index (κ1) is 8.24. The highest BCUT2D eigenvalue weighted by molar-refractivity contribution is 5.89. The van der Waals surface area contributed by atoms with Gasteiger partial charge in [0.1, 0.15) is 5.78 Å². The number of hydrogen-bond donors (Lipinski definition) is 1. The summed E-state index contributed by atoms with van der Waals surface area (Å²) < 4.78 is 0. The Bertz CT molecular complexity index is 236. The zero-order chi connectivity index (χ0) is 8.98. The lowest BCUT2D eigenvalue weighted by molar-refractivity contribution is -0.129. The normalized spacial score (nSPS) is 51.9. The second kappa shape index (κ2) is 2.11. The zero-order valence-electron chi connectivity index (χ0n) is 7.76. The van der Waals surface area contributed by atoms with Crippen LogP contribution in [0.25, 0.3) is 0 Å². The summed E-state index contributed by atoms with van der Waals surface area (Å²) in [5, 5.41) is 9.34. The van der Waals surface area contributed by atoms with Crippen molar-refractivity contribution in [2.45, 2.75) is 33.1 Å². The molecule has 2 saturated carbocycles. The summed E-state index contributed by atoms with van der Waals surface area (Å²) in [6, 6.07) is 0. The van der Waals surface area contributed by atoms with E-state index >= 15 is 0 Å². The van der Waals surface area contributed by atoms with Crippen LogP contribution in [0.15, 0.2) is 0 Å². The summed E-state index contributed by atoms with van der Waals surface area (Å²) in [6.45, 7) is 4.26.